The summed E-state index contributed by atoms with van der Waals surface area (Å²) in [7, 11) is 0. The Kier molecular flexibility index (Phi) is 5.17. The molecule has 1 aromatic carbocycles. The van der Waals surface area contributed by atoms with Gasteiger partial charge in [-0.2, -0.15) is 4.57 Å². The normalized spacial score (nSPS) is 14.3. The van der Waals surface area contributed by atoms with Crippen LogP contribution in [0.25, 0.3) is 0 Å². The van der Waals surface area contributed by atoms with Gasteiger partial charge < -0.3 is 0 Å². The molecule has 0 saturated carbocycles. The van der Waals surface area contributed by atoms with E-state index in [2.05, 4.69) is 67.9 Å². The number of halogens is 6. The average Bonchev–Trinajstić information content (AvgIpc) is 2.34. The van der Waals surface area contributed by atoms with Crippen LogP contribution in [0.1, 0.15) is 22.4 Å². The Morgan fingerprint density at radius 2 is 1.39 bits per heavy atom. The average molecular weight is 448 g/mol. The van der Waals surface area contributed by atoms with Crippen molar-refractivity contribution in [2.45, 2.75) is 27.3 Å². The zero-order chi connectivity index (χ0) is 18.0. The summed E-state index contributed by atoms with van der Waals surface area (Å²) in [5, 5.41) is 0. The Morgan fingerprint density at radius 3 is 1.91 bits per heavy atom. The van der Waals surface area contributed by atoms with Crippen LogP contribution in [0, 0.1) is 20.8 Å². The van der Waals surface area contributed by atoms with Gasteiger partial charge in [0.1, 0.15) is 0 Å². The monoisotopic (exact) mass is 447 g/mol. The summed E-state index contributed by atoms with van der Waals surface area (Å²) in [6.07, 6.45) is 2.14. The van der Waals surface area contributed by atoms with E-state index >= 15 is 0 Å². The molecule has 1 heterocycles. The van der Waals surface area contributed by atoms with Crippen molar-refractivity contribution in [3.63, 3.8) is 0 Å². The van der Waals surface area contributed by atoms with Crippen LogP contribution in [0.3, 0.4) is 0 Å². The van der Waals surface area contributed by atoms with Crippen LogP contribution in [0.5, 0.6) is 0 Å². The first kappa shape index (κ1) is 19.8. The molecule has 0 fully saturated rings. The number of hydrogen-bond donors (Lipinski definition) is 0. The zero-order valence-electron chi connectivity index (χ0n) is 12.9. The second-order valence-corrected chi connectivity index (χ2v) is 10.8. The molecular weight excluding hydrogens is 430 g/mol. The van der Waals surface area contributed by atoms with Crippen molar-refractivity contribution >= 4 is 19.5 Å². The van der Waals surface area contributed by atoms with E-state index in [9.17, 15) is 16.9 Å². The van der Waals surface area contributed by atoms with Crippen molar-refractivity contribution in [3.8, 4) is 0 Å². The summed E-state index contributed by atoms with van der Waals surface area (Å²) in [4.78, 5) is 0. The first-order valence-electron chi connectivity index (χ1n) is 6.70. The third-order valence-electron chi connectivity index (χ3n) is 3.23. The van der Waals surface area contributed by atoms with Crippen molar-refractivity contribution in [1.82, 2.24) is 0 Å². The second kappa shape index (κ2) is 6.00. The zero-order valence-corrected chi connectivity index (χ0v) is 15.5. The fraction of sp³-hybridized carbons (Fsp3) is 0.267. The Labute approximate surface area is 133 Å². The minimum atomic E-state index is -11.2. The van der Waals surface area contributed by atoms with E-state index in [1.807, 2.05) is 0 Å². The first-order valence-corrected chi connectivity index (χ1v) is 12.5. The topological polar surface area (TPSA) is 3.88 Å². The third-order valence-corrected chi connectivity index (χ3v) is 3.23. The number of hydrogen-bond acceptors (Lipinski definition) is 0. The number of aromatic nitrogens is 1. The van der Waals surface area contributed by atoms with E-state index in [1.165, 1.54) is 22.4 Å². The molecule has 0 aliphatic rings. The molecule has 2 aromatic rings. The number of rotatable bonds is 2. The van der Waals surface area contributed by atoms with Gasteiger partial charge in [-0.15, -0.1) is 0 Å². The predicted molar refractivity (Wildman–Crippen MR) is 78.8 cm³/mol. The second-order valence-electron chi connectivity index (χ2n) is 5.29. The number of nitrogens with zero attached hydrogens (tertiary/aromatic N) is 1. The molecule has 0 bridgehead atoms. The molecule has 0 atom stereocenters. The molecule has 23 heavy (non-hydrogen) atoms. The Bertz CT molecular complexity index is 683. The van der Waals surface area contributed by atoms with Gasteiger partial charge in [0.05, 0.1) is 0 Å². The van der Waals surface area contributed by atoms with Crippen LogP contribution in [-0.2, 0) is 6.54 Å². The quantitative estimate of drug-likeness (QED) is 0.343. The molecule has 8 heteroatoms. The van der Waals surface area contributed by atoms with Crippen LogP contribution < -0.4 is 4.57 Å². The summed E-state index contributed by atoms with van der Waals surface area (Å²) in [5.41, 5.74) is 5.47. The Morgan fingerprint density at radius 1 is 0.826 bits per heavy atom. The number of aryl methyl sites for hydroxylation is 2. The molecule has 0 radical (unpaired) electrons. The maximum atomic E-state index is 9.93. The fourth-order valence-corrected chi connectivity index (χ4v) is 1.91. The van der Waals surface area contributed by atoms with Crippen molar-refractivity contribution in [3.05, 3.63) is 65.0 Å². The van der Waals surface area contributed by atoms with E-state index in [4.69, 9.17) is 0 Å². The van der Waals surface area contributed by atoms with Crippen LogP contribution in [0.2, 0.25) is 0 Å². The van der Waals surface area contributed by atoms with E-state index in [-0.39, 0.29) is 0 Å². The first-order chi connectivity index (χ1) is 10.1. The van der Waals surface area contributed by atoms with E-state index in [0.717, 1.165) is 6.54 Å². The summed E-state index contributed by atoms with van der Waals surface area (Å²) in [6.45, 7) is 7.47. The van der Waals surface area contributed by atoms with Gasteiger partial charge in [-0.1, -0.05) is 24.3 Å². The molecule has 0 amide bonds. The summed E-state index contributed by atoms with van der Waals surface area (Å²) in [6, 6.07) is 12.8. The van der Waals surface area contributed by atoms with Crippen molar-refractivity contribution in [2.24, 2.45) is 0 Å². The molecule has 130 valence electrons. The maximum absolute atomic E-state index is 11.2. The molecular formula is C15H18F6NSb. The molecule has 1 aromatic heterocycles. The van der Waals surface area contributed by atoms with Crippen molar-refractivity contribution in [2.75, 3.05) is 0 Å². The minimum absolute atomic E-state index is 0.959. The van der Waals surface area contributed by atoms with Crippen LogP contribution in [0.15, 0.2) is 42.6 Å². The van der Waals surface area contributed by atoms with Crippen LogP contribution >= 0.6 is 0 Å². The number of pyridine rings is 1. The molecule has 0 unspecified atom stereocenters. The van der Waals surface area contributed by atoms with Gasteiger partial charge in [0.25, 0.3) is 0 Å². The molecule has 2 rings (SSSR count). The van der Waals surface area contributed by atoms with Gasteiger partial charge in [0.2, 0.25) is 0 Å². The Balaban J connectivity index is 0.000000322. The van der Waals surface area contributed by atoms with Crippen molar-refractivity contribution in [1.29, 1.82) is 0 Å². The fourth-order valence-electron chi connectivity index (χ4n) is 1.91. The van der Waals surface area contributed by atoms with Gasteiger partial charge in [-0.3, -0.25) is 0 Å². The summed E-state index contributed by atoms with van der Waals surface area (Å²) in [5.74, 6) is 0. The standard InChI is InChI=1S/C15H18N.6FH.Sb/c1-12-7-6-9-15(14(12)3)11-16-10-5-4-8-13(16)2;;;;;;;/h4-10H,11H2,1-3H3;6*1H;/q+1;;;;;;;+5/p-6. The van der Waals surface area contributed by atoms with Gasteiger partial charge in [-0.25, -0.2) is 0 Å². The van der Waals surface area contributed by atoms with Gasteiger partial charge in [-0.05, 0) is 25.0 Å². The molecule has 0 N–H and O–H groups in total. The SMILES string of the molecule is Cc1cccc(C[n+]2ccccc2C)c1C.[F][Sb-]([F])([F])([F])([F])[F]. The Hall–Kier alpha value is -1.23. The van der Waals surface area contributed by atoms with Crippen molar-refractivity contribution < 1.29 is 21.4 Å². The molecule has 0 aliphatic carbocycles. The van der Waals surface area contributed by atoms with E-state index < -0.39 is 19.5 Å². The van der Waals surface area contributed by atoms with E-state index in [1.54, 1.807) is 0 Å². The third kappa shape index (κ3) is 9.49. The predicted octanol–water partition coefficient (Wildman–Crippen LogP) is 5.09. The van der Waals surface area contributed by atoms with Crippen LogP contribution in [0.4, 0.5) is 16.9 Å². The molecule has 0 aliphatic heterocycles. The van der Waals surface area contributed by atoms with E-state index in [0.29, 0.717) is 0 Å². The number of benzene rings is 1. The summed E-state index contributed by atoms with van der Waals surface area (Å²) >= 11 is -11.2. The molecule has 0 saturated heterocycles. The molecule has 0 spiro atoms. The summed E-state index contributed by atoms with van der Waals surface area (Å²) < 4.78 is 61.8. The van der Waals surface area contributed by atoms with Gasteiger partial charge in [0.15, 0.2) is 18.4 Å². The van der Waals surface area contributed by atoms with Gasteiger partial charge >= 0.3 is 36.4 Å². The van der Waals surface area contributed by atoms with Crippen LogP contribution in [-0.4, -0.2) is 19.5 Å². The molecule has 1 nitrogen and oxygen atoms in total. The van der Waals surface area contributed by atoms with Gasteiger partial charge in [0, 0.05) is 24.6 Å².